The van der Waals surface area contributed by atoms with E-state index in [0.29, 0.717) is 5.92 Å². The van der Waals surface area contributed by atoms with Crippen molar-refractivity contribution in [3.8, 4) is 6.07 Å². The predicted molar refractivity (Wildman–Crippen MR) is 51.8 cm³/mol. The lowest BCUT2D eigenvalue weighted by molar-refractivity contribution is 0.0404. The minimum absolute atomic E-state index is 0.00884. The Morgan fingerprint density at radius 2 is 2.15 bits per heavy atom. The molecular formula is C11H17NO. The van der Waals surface area contributed by atoms with Crippen molar-refractivity contribution < 1.29 is 5.11 Å². The van der Waals surface area contributed by atoms with Gasteiger partial charge < -0.3 is 5.11 Å². The summed E-state index contributed by atoms with van der Waals surface area (Å²) in [6, 6.07) is 2.27. The number of rotatable bonds is 1. The Morgan fingerprint density at radius 1 is 1.54 bits per heavy atom. The van der Waals surface area contributed by atoms with Crippen LogP contribution >= 0.6 is 0 Å². The molecule has 1 fully saturated rings. The zero-order valence-corrected chi connectivity index (χ0v) is 8.33. The van der Waals surface area contributed by atoms with Crippen LogP contribution in [0, 0.1) is 29.1 Å². The van der Waals surface area contributed by atoms with E-state index in [1.54, 1.807) is 0 Å². The first-order chi connectivity index (χ1) is 6.06. The molecule has 1 saturated carbocycles. The fraction of sp³-hybridized carbons (Fsp3) is 0.727. The molecule has 13 heavy (non-hydrogen) atoms. The molecule has 0 heterocycles. The molecule has 0 bridgehead atoms. The highest BCUT2D eigenvalue weighted by Crippen LogP contribution is 2.36. The summed E-state index contributed by atoms with van der Waals surface area (Å²) in [5, 5.41) is 18.6. The maximum Gasteiger partial charge on any atom is 0.0659 e. The van der Waals surface area contributed by atoms with Crippen LogP contribution in [0.25, 0.3) is 0 Å². The van der Waals surface area contributed by atoms with Crippen molar-refractivity contribution in [1.29, 1.82) is 5.26 Å². The highest BCUT2D eigenvalue weighted by Gasteiger charge is 2.34. The van der Waals surface area contributed by atoms with Gasteiger partial charge in [-0.2, -0.15) is 5.26 Å². The number of allylic oxidation sites excluding steroid dienone is 1. The number of hydrogen-bond donors (Lipinski definition) is 1. The van der Waals surface area contributed by atoms with Gasteiger partial charge in [0.15, 0.2) is 0 Å². The molecule has 0 saturated heterocycles. The van der Waals surface area contributed by atoms with Crippen molar-refractivity contribution in [2.24, 2.45) is 17.8 Å². The van der Waals surface area contributed by atoms with Crippen LogP contribution < -0.4 is 0 Å². The van der Waals surface area contributed by atoms with Crippen LogP contribution in [0.4, 0.5) is 0 Å². The van der Waals surface area contributed by atoms with Crippen molar-refractivity contribution in [1.82, 2.24) is 0 Å². The molecule has 0 aliphatic heterocycles. The minimum atomic E-state index is -0.333. The Bertz CT molecular complexity index is 241. The van der Waals surface area contributed by atoms with Crippen LogP contribution in [0.2, 0.25) is 0 Å². The molecule has 2 nitrogen and oxygen atoms in total. The SMILES string of the molecule is C=C(C)[C@@H]1C[C@@H](C#N)[C@@H](C)[C@@H](O)C1. The molecule has 1 aliphatic rings. The molecule has 0 aromatic carbocycles. The molecular weight excluding hydrogens is 162 g/mol. The van der Waals surface area contributed by atoms with Crippen LogP contribution in [0.5, 0.6) is 0 Å². The molecule has 4 atom stereocenters. The summed E-state index contributed by atoms with van der Waals surface area (Å²) in [6.45, 7) is 7.81. The lowest BCUT2D eigenvalue weighted by atomic mass is 9.72. The van der Waals surface area contributed by atoms with Gasteiger partial charge in [0.1, 0.15) is 0 Å². The largest absolute Gasteiger partial charge is 0.393 e. The Kier molecular flexibility index (Phi) is 3.11. The van der Waals surface area contributed by atoms with E-state index in [-0.39, 0.29) is 17.9 Å². The van der Waals surface area contributed by atoms with Gasteiger partial charge in [0, 0.05) is 0 Å². The lowest BCUT2D eigenvalue weighted by Crippen LogP contribution is -2.34. The quantitative estimate of drug-likeness (QED) is 0.626. The number of hydrogen-bond acceptors (Lipinski definition) is 2. The highest BCUT2D eigenvalue weighted by molar-refractivity contribution is 5.05. The summed E-state index contributed by atoms with van der Waals surface area (Å²) in [7, 11) is 0. The third kappa shape index (κ3) is 2.10. The Morgan fingerprint density at radius 3 is 2.62 bits per heavy atom. The zero-order valence-electron chi connectivity index (χ0n) is 8.33. The van der Waals surface area contributed by atoms with Crippen molar-refractivity contribution in [3.63, 3.8) is 0 Å². The summed E-state index contributed by atoms with van der Waals surface area (Å²) in [5.41, 5.74) is 1.09. The second-order valence-electron chi connectivity index (χ2n) is 4.18. The van der Waals surface area contributed by atoms with E-state index in [1.165, 1.54) is 0 Å². The van der Waals surface area contributed by atoms with Gasteiger partial charge in [-0.15, -0.1) is 0 Å². The van der Waals surface area contributed by atoms with E-state index in [2.05, 4.69) is 12.6 Å². The van der Waals surface area contributed by atoms with E-state index in [4.69, 9.17) is 5.26 Å². The van der Waals surface area contributed by atoms with Crippen molar-refractivity contribution in [3.05, 3.63) is 12.2 Å². The van der Waals surface area contributed by atoms with E-state index in [1.807, 2.05) is 13.8 Å². The fourth-order valence-electron chi connectivity index (χ4n) is 1.96. The summed E-state index contributed by atoms with van der Waals surface area (Å²) in [6.07, 6.45) is 1.30. The van der Waals surface area contributed by atoms with Gasteiger partial charge in [-0.05, 0) is 31.6 Å². The fourth-order valence-corrected chi connectivity index (χ4v) is 1.96. The maximum absolute atomic E-state index is 9.71. The van der Waals surface area contributed by atoms with Crippen LogP contribution in [0.1, 0.15) is 26.7 Å². The summed E-state index contributed by atoms with van der Waals surface area (Å²) < 4.78 is 0. The van der Waals surface area contributed by atoms with Gasteiger partial charge in [-0.1, -0.05) is 19.1 Å². The third-order valence-electron chi connectivity index (χ3n) is 3.17. The van der Waals surface area contributed by atoms with Crippen molar-refractivity contribution >= 4 is 0 Å². The Balaban J connectivity index is 2.70. The van der Waals surface area contributed by atoms with Crippen LogP contribution in [-0.2, 0) is 0 Å². The van der Waals surface area contributed by atoms with E-state index in [9.17, 15) is 5.11 Å². The zero-order chi connectivity index (χ0) is 10.0. The van der Waals surface area contributed by atoms with Gasteiger partial charge in [0.05, 0.1) is 18.1 Å². The number of aliphatic hydroxyl groups excluding tert-OH is 1. The topological polar surface area (TPSA) is 44.0 Å². The summed E-state index contributed by atoms with van der Waals surface area (Å²) >= 11 is 0. The summed E-state index contributed by atoms with van der Waals surface area (Å²) in [4.78, 5) is 0. The van der Waals surface area contributed by atoms with Crippen LogP contribution in [-0.4, -0.2) is 11.2 Å². The Hall–Kier alpha value is -0.810. The molecule has 1 N–H and O–H groups in total. The Labute approximate surface area is 79.9 Å². The van der Waals surface area contributed by atoms with E-state index >= 15 is 0 Å². The predicted octanol–water partition coefficient (Wildman–Crippen LogP) is 2.11. The molecule has 72 valence electrons. The molecule has 0 radical (unpaired) electrons. The standard InChI is InChI=1S/C11H17NO/c1-7(2)9-4-10(6-12)8(3)11(13)5-9/h8-11,13H,1,4-5H2,2-3H3/t8-,9-,10+,11+/m1/s1. The lowest BCUT2D eigenvalue weighted by Gasteiger charge is -2.34. The van der Waals surface area contributed by atoms with Gasteiger partial charge in [0.25, 0.3) is 0 Å². The average Bonchev–Trinajstić information content (AvgIpc) is 2.09. The maximum atomic E-state index is 9.71. The van der Waals surface area contributed by atoms with Gasteiger partial charge in [-0.3, -0.25) is 0 Å². The number of nitriles is 1. The minimum Gasteiger partial charge on any atom is -0.393 e. The van der Waals surface area contributed by atoms with Gasteiger partial charge in [-0.25, -0.2) is 0 Å². The molecule has 0 aromatic heterocycles. The first kappa shape index (κ1) is 10.3. The van der Waals surface area contributed by atoms with Crippen LogP contribution in [0.3, 0.4) is 0 Å². The highest BCUT2D eigenvalue weighted by atomic mass is 16.3. The monoisotopic (exact) mass is 179 g/mol. The molecule has 0 spiro atoms. The van der Waals surface area contributed by atoms with Crippen LogP contribution in [0.15, 0.2) is 12.2 Å². The molecule has 1 rings (SSSR count). The normalized spacial score (nSPS) is 39.5. The number of nitrogens with zero attached hydrogens (tertiary/aromatic N) is 1. The second kappa shape index (κ2) is 3.93. The first-order valence-electron chi connectivity index (χ1n) is 4.79. The summed E-state index contributed by atoms with van der Waals surface area (Å²) in [5.74, 6) is 0.432. The number of aliphatic hydroxyl groups is 1. The molecule has 0 aromatic rings. The average molecular weight is 179 g/mol. The first-order valence-corrected chi connectivity index (χ1v) is 4.79. The van der Waals surface area contributed by atoms with Gasteiger partial charge >= 0.3 is 0 Å². The smallest absolute Gasteiger partial charge is 0.0659 e. The third-order valence-corrected chi connectivity index (χ3v) is 3.17. The van der Waals surface area contributed by atoms with E-state index < -0.39 is 0 Å². The van der Waals surface area contributed by atoms with Crippen molar-refractivity contribution in [2.45, 2.75) is 32.8 Å². The molecule has 1 aliphatic carbocycles. The van der Waals surface area contributed by atoms with E-state index in [0.717, 1.165) is 18.4 Å². The molecule has 0 unspecified atom stereocenters. The van der Waals surface area contributed by atoms with Crippen molar-refractivity contribution in [2.75, 3.05) is 0 Å². The second-order valence-corrected chi connectivity index (χ2v) is 4.18. The molecule has 2 heteroatoms. The molecule has 0 amide bonds. The van der Waals surface area contributed by atoms with Gasteiger partial charge in [0.2, 0.25) is 0 Å².